The van der Waals surface area contributed by atoms with E-state index in [0.29, 0.717) is 5.92 Å². The molecule has 0 amide bonds. The quantitative estimate of drug-likeness (QED) is 0.735. The third kappa shape index (κ3) is 1.64. The van der Waals surface area contributed by atoms with Gasteiger partial charge < -0.3 is 5.73 Å². The number of anilines is 1. The Morgan fingerprint density at radius 3 is 2.90 bits per heavy atom. The molecule has 0 bridgehead atoms. The molecule has 2 heterocycles. The van der Waals surface area contributed by atoms with E-state index in [9.17, 15) is 0 Å². The second kappa shape index (κ2) is 4.28. The van der Waals surface area contributed by atoms with Crippen molar-refractivity contribution in [3.05, 3.63) is 29.6 Å². The molecule has 0 spiro atoms. The van der Waals surface area contributed by atoms with Crippen molar-refractivity contribution in [2.24, 2.45) is 0 Å². The lowest BCUT2D eigenvalue weighted by molar-refractivity contribution is 0.395. The fraction of sp³-hybridized carbons (Fsp3) is 0.357. The van der Waals surface area contributed by atoms with Gasteiger partial charge in [0.25, 0.3) is 0 Å². The smallest absolute Gasteiger partial charge is 0.234 e. The van der Waals surface area contributed by atoms with Crippen molar-refractivity contribution in [3.8, 4) is 10.6 Å². The number of nitrogens with two attached hydrogens (primary N) is 1. The van der Waals surface area contributed by atoms with Gasteiger partial charge in [-0.3, -0.25) is 0 Å². The summed E-state index contributed by atoms with van der Waals surface area (Å²) in [7, 11) is 0. The molecule has 4 rings (SSSR count). The molecule has 102 valence electrons. The van der Waals surface area contributed by atoms with E-state index in [2.05, 4.69) is 15.3 Å². The van der Waals surface area contributed by atoms with Crippen molar-refractivity contribution in [2.45, 2.75) is 32.1 Å². The van der Waals surface area contributed by atoms with Crippen LogP contribution >= 0.6 is 11.3 Å². The Kier molecular flexibility index (Phi) is 2.53. The monoisotopic (exact) mass is 285 g/mol. The highest BCUT2D eigenvalue weighted by Crippen LogP contribution is 2.37. The van der Waals surface area contributed by atoms with E-state index in [1.165, 1.54) is 19.3 Å². The van der Waals surface area contributed by atoms with E-state index in [1.807, 2.05) is 29.6 Å². The van der Waals surface area contributed by atoms with Crippen LogP contribution in [0, 0.1) is 6.92 Å². The second-order valence-corrected chi connectivity index (χ2v) is 6.28. The molecule has 0 saturated heterocycles. The summed E-state index contributed by atoms with van der Waals surface area (Å²) < 4.78 is 1.89. The molecule has 3 aromatic rings. The first-order valence-corrected chi connectivity index (χ1v) is 7.63. The molecule has 20 heavy (non-hydrogen) atoms. The van der Waals surface area contributed by atoms with Crippen LogP contribution in [0.4, 0.5) is 5.69 Å². The molecule has 1 aliphatic carbocycles. The molecule has 0 unspecified atom stereocenters. The third-order valence-electron chi connectivity index (χ3n) is 4.04. The number of para-hydroxylation sites is 1. The molecular formula is C14H15N5S. The summed E-state index contributed by atoms with van der Waals surface area (Å²) in [6.07, 6.45) is 3.67. The Hall–Kier alpha value is -1.95. The van der Waals surface area contributed by atoms with Crippen LogP contribution in [0.25, 0.3) is 15.5 Å². The first-order valence-electron chi connectivity index (χ1n) is 6.81. The molecule has 1 aromatic carbocycles. The zero-order valence-electron chi connectivity index (χ0n) is 11.2. The van der Waals surface area contributed by atoms with Gasteiger partial charge in [0.05, 0.1) is 0 Å². The number of hydrogen-bond acceptors (Lipinski definition) is 5. The maximum Gasteiger partial charge on any atom is 0.234 e. The Labute approximate surface area is 120 Å². The first kappa shape index (κ1) is 11.8. The van der Waals surface area contributed by atoms with Gasteiger partial charge in [-0.2, -0.15) is 9.61 Å². The second-order valence-electron chi connectivity index (χ2n) is 5.32. The lowest BCUT2D eigenvalue weighted by Gasteiger charge is -2.22. The van der Waals surface area contributed by atoms with Crippen LogP contribution in [-0.4, -0.2) is 19.8 Å². The number of benzene rings is 1. The van der Waals surface area contributed by atoms with Gasteiger partial charge in [0.1, 0.15) is 5.01 Å². The van der Waals surface area contributed by atoms with Crippen LogP contribution in [0.3, 0.4) is 0 Å². The van der Waals surface area contributed by atoms with Crippen molar-refractivity contribution in [3.63, 3.8) is 0 Å². The van der Waals surface area contributed by atoms with Gasteiger partial charge in [-0.1, -0.05) is 29.9 Å². The molecule has 0 aliphatic heterocycles. The molecule has 2 N–H and O–H groups in total. The van der Waals surface area contributed by atoms with Crippen LogP contribution in [0.15, 0.2) is 18.2 Å². The van der Waals surface area contributed by atoms with Crippen LogP contribution in [0.2, 0.25) is 0 Å². The predicted molar refractivity (Wildman–Crippen MR) is 79.8 cm³/mol. The largest absolute Gasteiger partial charge is 0.398 e. The zero-order chi connectivity index (χ0) is 13.7. The summed E-state index contributed by atoms with van der Waals surface area (Å²) in [4.78, 5) is 0.850. The van der Waals surface area contributed by atoms with Crippen molar-refractivity contribution in [1.82, 2.24) is 19.8 Å². The molecule has 6 heteroatoms. The average molecular weight is 285 g/mol. The number of nitrogens with zero attached hydrogens (tertiary/aromatic N) is 4. The Balaban J connectivity index is 1.84. The van der Waals surface area contributed by atoms with Crippen molar-refractivity contribution in [1.29, 1.82) is 0 Å². The highest BCUT2D eigenvalue weighted by molar-refractivity contribution is 7.19. The van der Waals surface area contributed by atoms with Gasteiger partial charge in [0.2, 0.25) is 4.96 Å². The molecule has 1 fully saturated rings. The highest BCUT2D eigenvalue weighted by atomic mass is 32.1. The lowest BCUT2D eigenvalue weighted by atomic mass is 9.85. The van der Waals surface area contributed by atoms with Gasteiger partial charge in [-0.05, 0) is 31.4 Å². The summed E-state index contributed by atoms with van der Waals surface area (Å²) in [5.74, 6) is 1.52. The minimum atomic E-state index is 0.523. The van der Waals surface area contributed by atoms with Gasteiger partial charge in [-0.15, -0.1) is 10.2 Å². The summed E-state index contributed by atoms with van der Waals surface area (Å²) in [6, 6.07) is 6.03. The van der Waals surface area contributed by atoms with Gasteiger partial charge >= 0.3 is 0 Å². The van der Waals surface area contributed by atoms with E-state index in [0.717, 1.165) is 32.6 Å². The average Bonchev–Trinajstić information content (AvgIpc) is 2.93. The Morgan fingerprint density at radius 1 is 1.30 bits per heavy atom. The van der Waals surface area contributed by atoms with Crippen molar-refractivity contribution >= 4 is 22.0 Å². The number of aromatic nitrogens is 4. The molecule has 1 aliphatic rings. The lowest BCUT2D eigenvalue weighted by Crippen LogP contribution is -2.13. The molecule has 2 aromatic heterocycles. The minimum absolute atomic E-state index is 0.523. The normalized spacial score (nSPS) is 15.7. The molecule has 0 radical (unpaired) electrons. The van der Waals surface area contributed by atoms with E-state index in [-0.39, 0.29) is 0 Å². The number of rotatable bonds is 2. The third-order valence-corrected chi connectivity index (χ3v) is 4.97. The SMILES string of the molecule is Cc1cccc(-c2nn3c(C4CCC4)nnc3s2)c1N. The summed E-state index contributed by atoms with van der Waals surface area (Å²) >= 11 is 1.54. The van der Waals surface area contributed by atoms with Gasteiger partial charge in [0, 0.05) is 17.2 Å². The van der Waals surface area contributed by atoms with Crippen LogP contribution in [0.5, 0.6) is 0 Å². The maximum atomic E-state index is 6.16. The first-order chi connectivity index (χ1) is 9.74. The number of fused-ring (bicyclic) bond motifs is 1. The van der Waals surface area contributed by atoms with Crippen molar-refractivity contribution < 1.29 is 0 Å². The van der Waals surface area contributed by atoms with E-state index >= 15 is 0 Å². The molecule has 1 saturated carbocycles. The zero-order valence-corrected chi connectivity index (χ0v) is 12.0. The standard InChI is InChI=1S/C14H15N5S/c1-8-4-2-7-10(11(8)15)13-18-19-12(9-5-3-6-9)16-17-14(19)20-13/h2,4,7,9H,3,5-6,15H2,1H3. The van der Waals surface area contributed by atoms with Crippen LogP contribution < -0.4 is 5.73 Å². The van der Waals surface area contributed by atoms with E-state index in [1.54, 1.807) is 11.3 Å². The van der Waals surface area contributed by atoms with E-state index in [4.69, 9.17) is 5.73 Å². The van der Waals surface area contributed by atoms with Crippen LogP contribution in [-0.2, 0) is 0 Å². The fourth-order valence-electron chi connectivity index (χ4n) is 2.53. The van der Waals surface area contributed by atoms with Crippen molar-refractivity contribution in [2.75, 3.05) is 5.73 Å². The summed E-state index contributed by atoms with van der Waals surface area (Å²) in [5, 5.41) is 14.1. The fourth-order valence-corrected chi connectivity index (χ4v) is 3.41. The van der Waals surface area contributed by atoms with Gasteiger partial charge in [0.15, 0.2) is 5.82 Å². The minimum Gasteiger partial charge on any atom is -0.398 e. The maximum absolute atomic E-state index is 6.16. The molecular weight excluding hydrogens is 270 g/mol. The molecule has 5 nitrogen and oxygen atoms in total. The summed E-state index contributed by atoms with van der Waals surface area (Å²) in [6.45, 7) is 2.01. The highest BCUT2D eigenvalue weighted by Gasteiger charge is 2.26. The Morgan fingerprint density at radius 2 is 2.15 bits per heavy atom. The van der Waals surface area contributed by atoms with Gasteiger partial charge in [-0.25, -0.2) is 0 Å². The number of aryl methyl sites for hydroxylation is 1. The topological polar surface area (TPSA) is 69.1 Å². The van der Waals surface area contributed by atoms with Crippen LogP contribution in [0.1, 0.15) is 36.6 Å². The summed E-state index contributed by atoms with van der Waals surface area (Å²) in [5.41, 5.74) is 9.02. The number of nitrogen functional groups attached to an aromatic ring is 1. The predicted octanol–water partition coefficient (Wildman–Crippen LogP) is 3.01. The molecule has 0 atom stereocenters. The number of hydrogen-bond donors (Lipinski definition) is 1. The Bertz CT molecular complexity index is 784. The van der Waals surface area contributed by atoms with E-state index < -0.39 is 0 Å².